The summed E-state index contributed by atoms with van der Waals surface area (Å²) < 4.78 is 7.37. The monoisotopic (exact) mass is 285 g/mol. The lowest BCUT2D eigenvalue weighted by Gasteiger charge is -2.21. The Morgan fingerprint density at radius 3 is 2.90 bits per heavy atom. The number of nitrogens with one attached hydrogen (secondary N) is 1. The summed E-state index contributed by atoms with van der Waals surface area (Å²) in [5.41, 5.74) is 2.58. The van der Waals surface area contributed by atoms with Crippen molar-refractivity contribution in [2.75, 3.05) is 13.2 Å². The molecule has 2 aromatic rings. The quantitative estimate of drug-likeness (QED) is 0.887. The average Bonchev–Trinajstić information content (AvgIpc) is 3.16. The molecule has 0 spiro atoms. The van der Waals surface area contributed by atoms with Crippen LogP contribution >= 0.6 is 0 Å². The van der Waals surface area contributed by atoms with Gasteiger partial charge in [0.1, 0.15) is 0 Å². The van der Waals surface area contributed by atoms with Crippen molar-refractivity contribution in [2.24, 2.45) is 13.0 Å². The molecule has 0 saturated carbocycles. The third-order valence-corrected chi connectivity index (χ3v) is 4.11. The fourth-order valence-electron chi connectivity index (χ4n) is 2.93. The van der Waals surface area contributed by atoms with Gasteiger partial charge in [-0.3, -0.25) is 4.68 Å². The van der Waals surface area contributed by atoms with Gasteiger partial charge in [0, 0.05) is 44.6 Å². The zero-order valence-electron chi connectivity index (χ0n) is 12.5. The topological polar surface area (TPSA) is 39.1 Å². The Labute approximate surface area is 126 Å². The van der Waals surface area contributed by atoms with Crippen molar-refractivity contribution in [3.63, 3.8) is 0 Å². The normalized spacial score (nSPS) is 19.8. The van der Waals surface area contributed by atoms with E-state index in [1.54, 1.807) is 0 Å². The second kappa shape index (κ2) is 6.87. The molecule has 112 valence electrons. The third kappa shape index (κ3) is 3.93. The van der Waals surface area contributed by atoms with Crippen molar-refractivity contribution in [1.82, 2.24) is 15.1 Å². The summed E-state index contributed by atoms with van der Waals surface area (Å²) in [6, 6.07) is 11.1. The van der Waals surface area contributed by atoms with Crippen molar-refractivity contribution >= 4 is 0 Å². The summed E-state index contributed by atoms with van der Waals surface area (Å²) in [5, 5.41) is 7.91. The van der Waals surface area contributed by atoms with Crippen molar-refractivity contribution in [3.05, 3.63) is 53.9 Å². The van der Waals surface area contributed by atoms with E-state index in [-0.39, 0.29) is 0 Å². The number of aryl methyl sites for hydroxylation is 1. The summed E-state index contributed by atoms with van der Waals surface area (Å²) in [7, 11) is 1.95. The lowest BCUT2D eigenvalue weighted by Crippen LogP contribution is -2.23. The highest BCUT2D eigenvalue weighted by Gasteiger charge is 2.21. The van der Waals surface area contributed by atoms with Crippen LogP contribution in [0.25, 0.3) is 0 Å². The van der Waals surface area contributed by atoms with Crippen LogP contribution in [0.1, 0.15) is 30.0 Å². The first kappa shape index (κ1) is 14.3. The van der Waals surface area contributed by atoms with Crippen LogP contribution in [-0.2, 0) is 18.3 Å². The minimum absolute atomic E-state index is 0.373. The van der Waals surface area contributed by atoms with Gasteiger partial charge in [0.2, 0.25) is 0 Å². The molecule has 2 atom stereocenters. The van der Waals surface area contributed by atoms with Crippen LogP contribution < -0.4 is 5.32 Å². The molecule has 21 heavy (non-hydrogen) atoms. The molecule has 0 amide bonds. The fourth-order valence-corrected chi connectivity index (χ4v) is 2.93. The molecular weight excluding hydrogens is 262 g/mol. The Hall–Kier alpha value is -1.65. The van der Waals surface area contributed by atoms with Crippen LogP contribution in [0.5, 0.6) is 0 Å². The van der Waals surface area contributed by atoms with Crippen molar-refractivity contribution in [1.29, 1.82) is 0 Å². The first-order valence-electron chi connectivity index (χ1n) is 7.65. The summed E-state index contributed by atoms with van der Waals surface area (Å²) in [5.74, 6) is 0.664. The highest BCUT2D eigenvalue weighted by Crippen LogP contribution is 2.26. The Bertz CT molecular complexity index is 546. The Kier molecular flexibility index (Phi) is 4.68. The maximum atomic E-state index is 5.52. The van der Waals surface area contributed by atoms with E-state index in [9.17, 15) is 0 Å². The number of rotatable bonds is 6. The van der Waals surface area contributed by atoms with Gasteiger partial charge >= 0.3 is 0 Å². The van der Waals surface area contributed by atoms with E-state index in [4.69, 9.17) is 4.74 Å². The minimum Gasteiger partial charge on any atom is -0.381 e. The van der Waals surface area contributed by atoms with Crippen LogP contribution in [0.15, 0.2) is 42.7 Å². The van der Waals surface area contributed by atoms with Crippen molar-refractivity contribution in [3.8, 4) is 0 Å². The predicted octanol–water partition coefficient (Wildman–Crippen LogP) is 2.68. The molecule has 0 unspecified atom stereocenters. The van der Waals surface area contributed by atoms with Crippen LogP contribution in [0.2, 0.25) is 0 Å². The molecule has 0 bridgehead atoms. The van der Waals surface area contributed by atoms with Gasteiger partial charge in [-0.2, -0.15) is 5.10 Å². The van der Waals surface area contributed by atoms with Gasteiger partial charge in [0.15, 0.2) is 0 Å². The van der Waals surface area contributed by atoms with E-state index < -0.39 is 0 Å². The van der Waals surface area contributed by atoms with Crippen LogP contribution in [0.3, 0.4) is 0 Å². The largest absolute Gasteiger partial charge is 0.381 e. The van der Waals surface area contributed by atoms with E-state index in [1.807, 2.05) is 17.9 Å². The van der Waals surface area contributed by atoms with E-state index >= 15 is 0 Å². The number of hydrogen-bond acceptors (Lipinski definition) is 3. The molecule has 1 aromatic heterocycles. The highest BCUT2D eigenvalue weighted by molar-refractivity contribution is 5.19. The van der Waals surface area contributed by atoms with Gasteiger partial charge in [-0.15, -0.1) is 0 Å². The molecule has 1 aromatic carbocycles. The van der Waals surface area contributed by atoms with Gasteiger partial charge in [-0.1, -0.05) is 30.3 Å². The lowest BCUT2D eigenvalue weighted by molar-refractivity contribution is 0.181. The molecule has 1 N–H and O–H groups in total. The molecule has 2 heterocycles. The summed E-state index contributed by atoms with van der Waals surface area (Å²) in [4.78, 5) is 0. The highest BCUT2D eigenvalue weighted by atomic mass is 16.5. The van der Waals surface area contributed by atoms with Crippen LogP contribution in [0, 0.1) is 5.92 Å². The average molecular weight is 285 g/mol. The second-order valence-electron chi connectivity index (χ2n) is 5.83. The number of nitrogens with zero attached hydrogens (tertiary/aromatic N) is 2. The van der Waals surface area contributed by atoms with Crippen LogP contribution in [0.4, 0.5) is 0 Å². The van der Waals surface area contributed by atoms with E-state index in [0.29, 0.717) is 12.0 Å². The lowest BCUT2D eigenvalue weighted by atomic mass is 9.94. The van der Waals surface area contributed by atoms with Gasteiger partial charge < -0.3 is 10.1 Å². The van der Waals surface area contributed by atoms with E-state index in [2.05, 4.69) is 46.9 Å². The first-order chi connectivity index (χ1) is 10.3. The summed E-state index contributed by atoms with van der Waals surface area (Å²) in [6.45, 7) is 2.66. The molecular formula is C17H23N3O. The molecule has 3 rings (SSSR count). The van der Waals surface area contributed by atoms with E-state index in [0.717, 1.165) is 26.2 Å². The maximum absolute atomic E-state index is 5.52. The van der Waals surface area contributed by atoms with Crippen molar-refractivity contribution < 1.29 is 4.74 Å². The zero-order chi connectivity index (χ0) is 14.5. The number of hydrogen-bond donors (Lipinski definition) is 1. The zero-order valence-corrected chi connectivity index (χ0v) is 12.5. The molecule has 0 radical (unpaired) electrons. The summed E-state index contributed by atoms with van der Waals surface area (Å²) >= 11 is 0. The van der Waals surface area contributed by atoms with Gasteiger partial charge in [-0.05, 0) is 24.3 Å². The second-order valence-corrected chi connectivity index (χ2v) is 5.83. The van der Waals surface area contributed by atoms with Gasteiger partial charge in [-0.25, -0.2) is 0 Å². The third-order valence-electron chi connectivity index (χ3n) is 4.11. The van der Waals surface area contributed by atoms with Crippen molar-refractivity contribution in [2.45, 2.75) is 25.4 Å². The molecule has 1 fully saturated rings. The predicted molar refractivity (Wildman–Crippen MR) is 82.8 cm³/mol. The van der Waals surface area contributed by atoms with E-state index in [1.165, 1.54) is 17.5 Å². The fraction of sp³-hybridized carbons (Fsp3) is 0.471. The number of aromatic nitrogens is 2. The molecule has 1 aliphatic heterocycles. The van der Waals surface area contributed by atoms with Gasteiger partial charge in [0.05, 0.1) is 6.20 Å². The van der Waals surface area contributed by atoms with Gasteiger partial charge in [0.25, 0.3) is 0 Å². The maximum Gasteiger partial charge on any atom is 0.0534 e. The Balaban J connectivity index is 1.66. The summed E-state index contributed by atoms with van der Waals surface area (Å²) in [6.07, 6.45) is 6.30. The molecule has 4 heteroatoms. The smallest absolute Gasteiger partial charge is 0.0534 e. The molecule has 0 aliphatic carbocycles. The molecule has 4 nitrogen and oxygen atoms in total. The Morgan fingerprint density at radius 2 is 2.24 bits per heavy atom. The first-order valence-corrected chi connectivity index (χ1v) is 7.65. The molecule has 1 aliphatic rings. The minimum atomic E-state index is 0.373. The number of benzene rings is 1. The molecule has 1 saturated heterocycles. The SMILES string of the molecule is Cn1cc(CN[C@H](C[C@@H]2CCOC2)c2ccccc2)cn1. The Morgan fingerprint density at radius 1 is 1.38 bits per heavy atom. The van der Waals surface area contributed by atoms with Crippen LogP contribution in [-0.4, -0.2) is 23.0 Å². The number of ether oxygens (including phenoxy) is 1. The standard InChI is InChI=1S/C17H23N3O/c1-20-12-15(11-19-20)10-18-17(9-14-7-8-21-13-14)16-5-3-2-4-6-16/h2-6,11-12,14,17-18H,7-10,13H2,1H3/t14-,17+/m0/s1.